The van der Waals surface area contributed by atoms with E-state index in [0.717, 1.165) is 0 Å². The summed E-state index contributed by atoms with van der Waals surface area (Å²) < 4.78 is 21.2. The summed E-state index contributed by atoms with van der Waals surface area (Å²) in [6.45, 7) is 0. The van der Waals surface area contributed by atoms with E-state index in [1.807, 2.05) is 0 Å². The van der Waals surface area contributed by atoms with Gasteiger partial charge < -0.3 is 0 Å². The number of hydrogen-bond acceptors (Lipinski definition) is 2. The van der Waals surface area contributed by atoms with Crippen LogP contribution in [-0.2, 0) is 9.84 Å². The zero-order valence-electron chi connectivity index (χ0n) is 4.10. The molecule has 0 heterocycles. The van der Waals surface area contributed by atoms with Crippen LogP contribution in [0.1, 0.15) is 0 Å². The van der Waals surface area contributed by atoms with Gasteiger partial charge in [-0.1, -0.05) is 22.6 Å². The smallest absolute Gasteiger partial charge is 0.160 e. The molecule has 0 spiro atoms. The van der Waals surface area contributed by atoms with E-state index in [4.69, 9.17) is 11.6 Å². The van der Waals surface area contributed by atoms with Crippen molar-refractivity contribution in [3.63, 3.8) is 0 Å². The van der Waals surface area contributed by atoms with E-state index in [-0.39, 0.29) is 15.4 Å². The first-order chi connectivity index (χ1) is 3.62. The topological polar surface area (TPSA) is 34.1 Å². The molecular weight excluding hydrogens is 262 g/mol. The predicted molar refractivity (Wildman–Crippen MR) is 43.4 cm³/mol. The summed E-state index contributed by atoms with van der Waals surface area (Å²) in [7, 11) is -2.81. The van der Waals surface area contributed by atoms with Crippen LogP contribution in [0.2, 0.25) is 0 Å². The lowest BCUT2D eigenvalue weighted by molar-refractivity contribution is 0.602. The SMILES string of the molecule is O=S(=O)(CI)CCCl. The van der Waals surface area contributed by atoms with Gasteiger partial charge in [0.15, 0.2) is 9.84 Å². The minimum Gasteiger partial charge on any atom is -0.228 e. The highest BCUT2D eigenvalue weighted by Crippen LogP contribution is 1.96. The van der Waals surface area contributed by atoms with Crippen LogP contribution in [-0.4, -0.2) is 23.8 Å². The number of rotatable bonds is 3. The quantitative estimate of drug-likeness (QED) is 0.566. The van der Waals surface area contributed by atoms with E-state index in [2.05, 4.69) is 0 Å². The van der Waals surface area contributed by atoms with E-state index in [0.29, 0.717) is 0 Å². The Balaban J connectivity index is 3.76. The van der Waals surface area contributed by atoms with E-state index in [1.165, 1.54) is 0 Å². The molecule has 0 aromatic heterocycles. The summed E-state index contributed by atoms with van der Waals surface area (Å²) in [6.07, 6.45) is 0. The largest absolute Gasteiger partial charge is 0.228 e. The van der Waals surface area contributed by atoms with E-state index in [1.54, 1.807) is 22.6 Å². The summed E-state index contributed by atoms with van der Waals surface area (Å²) in [5, 5.41) is 0. The maximum atomic E-state index is 10.5. The number of sulfone groups is 1. The fraction of sp³-hybridized carbons (Fsp3) is 1.00. The molecule has 0 fully saturated rings. The molecule has 0 rings (SSSR count). The first-order valence-electron chi connectivity index (χ1n) is 1.95. The van der Waals surface area contributed by atoms with Crippen LogP contribution < -0.4 is 0 Å². The fourth-order valence-corrected chi connectivity index (χ4v) is 2.16. The molecule has 0 atom stereocenters. The highest BCUT2D eigenvalue weighted by atomic mass is 127. The summed E-state index contributed by atoms with van der Waals surface area (Å²) in [6, 6.07) is 0. The molecular formula is C3H6ClIO2S. The first-order valence-corrected chi connectivity index (χ1v) is 5.83. The van der Waals surface area contributed by atoms with Crippen LogP contribution in [0.5, 0.6) is 0 Å². The average Bonchev–Trinajstić information content (AvgIpc) is 1.67. The maximum Gasteiger partial charge on any atom is 0.160 e. The maximum absolute atomic E-state index is 10.5. The molecule has 0 amide bonds. The van der Waals surface area contributed by atoms with Crippen molar-refractivity contribution in [2.24, 2.45) is 0 Å². The predicted octanol–water partition coefficient (Wildman–Crippen LogP) is 1.03. The molecule has 0 aliphatic heterocycles. The standard InChI is InChI=1S/C3H6ClIO2S/c4-1-2-8(6,7)3-5/h1-3H2. The molecule has 0 aliphatic carbocycles. The monoisotopic (exact) mass is 268 g/mol. The average molecular weight is 269 g/mol. The molecule has 0 N–H and O–H groups in total. The second-order valence-corrected chi connectivity index (χ2v) is 5.61. The van der Waals surface area contributed by atoms with Crippen LogP contribution in [0.3, 0.4) is 0 Å². The molecule has 0 aromatic carbocycles. The van der Waals surface area contributed by atoms with Crippen LogP contribution in [0.25, 0.3) is 0 Å². The van der Waals surface area contributed by atoms with Gasteiger partial charge >= 0.3 is 0 Å². The zero-order valence-corrected chi connectivity index (χ0v) is 7.83. The van der Waals surface area contributed by atoms with Gasteiger partial charge in [-0.2, -0.15) is 0 Å². The van der Waals surface area contributed by atoms with Crippen molar-refractivity contribution in [3.05, 3.63) is 0 Å². The van der Waals surface area contributed by atoms with Gasteiger partial charge in [-0.05, 0) is 0 Å². The molecule has 50 valence electrons. The van der Waals surface area contributed by atoms with Crippen molar-refractivity contribution in [1.29, 1.82) is 0 Å². The molecule has 5 heteroatoms. The molecule has 2 nitrogen and oxygen atoms in total. The Morgan fingerprint density at radius 2 is 2.00 bits per heavy atom. The molecule has 0 unspecified atom stereocenters. The Bertz CT molecular complexity index is 141. The van der Waals surface area contributed by atoms with Crippen molar-refractivity contribution < 1.29 is 8.42 Å². The molecule has 0 bridgehead atoms. The molecule has 0 saturated carbocycles. The highest BCUT2D eigenvalue weighted by Gasteiger charge is 2.04. The van der Waals surface area contributed by atoms with Crippen molar-refractivity contribution >= 4 is 44.0 Å². The minimum absolute atomic E-state index is 0.0947. The lowest BCUT2D eigenvalue weighted by atomic mass is 11.0. The second-order valence-electron chi connectivity index (χ2n) is 1.25. The lowest BCUT2D eigenvalue weighted by Gasteiger charge is -1.91. The Hall–Kier alpha value is 0.970. The second kappa shape index (κ2) is 3.90. The van der Waals surface area contributed by atoms with Gasteiger partial charge in [0.05, 0.1) is 5.75 Å². The summed E-state index contributed by atoms with van der Waals surface area (Å²) in [5.74, 6) is 0.294. The van der Waals surface area contributed by atoms with Crippen molar-refractivity contribution in [2.45, 2.75) is 0 Å². The molecule has 8 heavy (non-hydrogen) atoms. The third kappa shape index (κ3) is 3.91. The van der Waals surface area contributed by atoms with Gasteiger partial charge in [0.25, 0.3) is 0 Å². The molecule has 0 saturated heterocycles. The zero-order chi connectivity index (χ0) is 6.62. The van der Waals surface area contributed by atoms with Crippen molar-refractivity contribution in [1.82, 2.24) is 0 Å². The van der Waals surface area contributed by atoms with Gasteiger partial charge in [0.1, 0.15) is 3.76 Å². The fourth-order valence-electron chi connectivity index (χ4n) is 0.172. The number of alkyl halides is 2. The van der Waals surface area contributed by atoms with Gasteiger partial charge in [-0.15, -0.1) is 11.6 Å². The third-order valence-electron chi connectivity index (χ3n) is 0.554. The lowest BCUT2D eigenvalue weighted by Crippen LogP contribution is -2.07. The summed E-state index contributed by atoms with van der Waals surface area (Å²) in [4.78, 5) is 0. The van der Waals surface area contributed by atoms with E-state index >= 15 is 0 Å². The Kier molecular flexibility index (Phi) is 4.37. The number of halogens is 2. The third-order valence-corrected chi connectivity index (χ3v) is 4.97. The van der Waals surface area contributed by atoms with Crippen molar-refractivity contribution in [3.8, 4) is 0 Å². The van der Waals surface area contributed by atoms with Crippen LogP contribution in [0, 0.1) is 0 Å². The van der Waals surface area contributed by atoms with Gasteiger partial charge in [-0.3, -0.25) is 0 Å². The molecule has 0 aromatic rings. The Morgan fingerprint density at radius 1 is 1.50 bits per heavy atom. The normalized spacial score (nSPS) is 11.8. The Morgan fingerprint density at radius 3 is 2.12 bits per heavy atom. The van der Waals surface area contributed by atoms with Gasteiger partial charge in [-0.25, -0.2) is 8.42 Å². The van der Waals surface area contributed by atoms with Gasteiger partial charge in [0, 0.05) is 5.88 Å². The Labute approximate surface area is 67.7 Å². The minimum atomic E-state index is -2.81. The molecule has 0 aliphatic rings. The van der Waals surface area contributed by atoms with E-state index < -0.39 is 9.84 Å². The first kappa shape index (κ1) is 8.97. The van der Waals surface area contributed by atoms with Gasteiger partial charge in [0.2, 0.25) is 0 Å². The van der Waals surface area contributed by atoms with Crippen LogP contribution in [0.4, 0.5) is 0 Å². The summed E-state index contributed by atoms with van der Waals surface area (Å²) >= 11 is 6.99. The summed E-state index contributed by atoms with van der Waals surface area (Å²) in [5.41, 5.74) is 0. The van der Waals surface area contributed by atoms with E-state index in [9.17, 15) is 8.42 Å². The van der Waals surface area contributed by atoms with Crippen LogP contribution in [0.15, 0.2) is 0 Å². The highest BCUT2D eigenvalue weighted by molar-refractivity contribution is 14.1. The number of hydrogen-bond donors (Lipinski definition) is 0. The van der Waals surface area contributed by atoms with Crippen molar-refractivity contribution in [2.75, 3.05) is 15.4 Å². The molecule has 0 radical (unpaired) electrons. The van der Waals surface area contributed by atoms with Crippen LogP contribution >= 0.6 is 34.2 Å².